The fourth-order valence-corrected chi connectivity index (χ4v) is 4.24. The van der Waals surface area contributed by atoms with E-state index in [0.717, 1.165) is 5.56 Å². The highest BCUT2D eigenvalue weighted by Crippen LogP contribution is 2.42. The zero-order valence-corrected chi connectivity index (χ0v) is 16.5. The van der Waals surface area contributed by atoms with Crippen LogP contribution in [-0.4, -0.2) is 43.0 Å². The molecule has 0 radical (unpaired) electrons. The number of hydrogen-bond donors (Lipinski definition) is 2. The minimum atomic E-state index is -3.68. The van der Waals surface area contributed by atoms with Crippen molar-refractivity contribution < 1.29 is 32.3 Å². The van der Waals surface area contributed by atoms with E-state index in [1.165, 1.54) is 18.2 Å². The summed E-state index contributed by atoms with van der Waals surface area (Å²) in [6, 6.07) is 8.06. The lowest BCUT2D eigenvalue weighted by atomic mass is 10.1. The number of nitrogens with one attached hydrogen (secondary N) is 1. The van der Waals surface area contributed by atoms with Crippen LogP contribution in [0.2, 0.25) is 0 Å². The normalized spacial score (nSPS) is 29.1. The van der Waals surface area contributed by atoms with Gasteiger partial charge in [-0.1, -0.05) is 22.9 Å². The Bertz CT molecular complexity index is 955. The predicted molar refractivity (Wildman–Crippen MR) is 95.4 cm³/mol. The van der Waals surface area contributed by atoms with Gasteiger partial charge in [0.2, 0.25) is 10.0 Å². The SMILES string of the molecule is Cc1ccc(S(=O)(=O)NCc2cc(C3O[C@@H]4OC(C)(C)O[C@H]4[C@@H]3O)no2)cc1. The number of hydrogen-bond acceptors (Lipinski definition) is 8. The van der Waals surface area contributed by atoms with Gasteiger partial charge in [0.25, 0.3) is 0 Å². The van der Waals surface area contributed by atoms with Crippen molar-refractivity contribution >= 4 is 10.0 Å². The van der Waals surface area contributed by atoms with Crippen molar-refractivity contribution in [2.75, 3.05) is 0 Å². The number of sulfonamides is 1. The lowest BCUT2D eigenvalue weighted by Gasteiger charge is -2.21. The van der Waals surface area contributed by atoms with Gasteiger partial charge in [-0.15, -0.1) is 0 Å². The number of aliphatic hydroxyl groups excluding tert-OH is 1. The van der Waals surface area contributed by atoms with Crippen LogP contribution in [0.3, 0.4) is 0 Å². The molecule has 10 heteroatoms. The average Bonchev–Trinajstić information content (AvgIpc) is 3.28. The third kappa shape index (κ3) is 3.71. The van der Waals surface area contributed by atoms with Crippen molar-refractivity contribution in [2.24, 2.45) is 0 Å². The first-order valence-electron chi connectivity index (χ1n) is 8.86. The van der Waals surface area contributed by atoms with Gasteiger partial charge in [-0.25, -0.2) is 13.1 Å². The van der Waals surface area contributed by atoms with Crippen LogP contribution >= 0.6 is 0 Å². The molecule has 0 spiro atoms. The maximum atomic E-state index is 12.4. The molecule has 2 fully saturated rings. The Labute approximate surface area is 162 Å². The molecule has 0 bridgehead atoms. The first-order valence-corrected chi connectivity index (χ1v) is 10.3. The van der Waals surface area contributed by atoms with E-state index in [2.05, 4.69) is 9.88 Å². The van der Waals surface area contributed by atoms with E-state index in [9.17, 15) is 13.5 Å². The highest BCUT2D eigenvalue weighted by atomic mass is 32.2. The molecule has 2 saturated heterocycles. The summed E-state index contributed by atoms with van der Waals surface area (Å²) in [6.07, 6.45) is -3.08. The summed E-state index contributed by atoms with van der Waals surface area (Å²) in [4.78, 5) is 0.164. The molecular weight excluding hydrogens is 388 g/mol. The highest BCUT2D eigenvalue weighted by Gasteiger charge is 2.55. The third-order valence-corrected chi connectivity index (χ3v) is 6.07. The molecule has 4 atom stereocenters. The Morgan fingerprint density at radius 2 is 1.93 bits per heavy atom. The molecule has 2 aliphatic heterocycles. The first kappa shape index (κ1) is 19.5. The molecule has 28 heavy (non-hydrogen) atoms. The summed E-state index contributed by atoms with van der Waals surface area (Å²) in [6.45, 7) is 5.28. The lowest BCUT2D eigenvalue weighted by molar-refractivity contribution is -0.216. The molecule has 152 valence electrons. The summed E-state index contributed by atoms with van der Waals surface area (Å²) in [7, 11) is -3.68. The zero-order valence-electron chi connectivity index (χ0n) is 15.7. The minimum absolute atomic E-state index is 0.0844. The third-order valence-electron chi connectivity index (χ3n) is 4.65. The van der Waals surface area contributed by atoms with E-state index in [1.54, 1.807) is 26.0 Å². The monoisotopic (exact) mass is 410 g/mol. The van der Waals surface area contributed by atoms with Crippen molar-refractivity contribution in [1.82, 2.24) is 9.88 Å². The molecule has 9 nitrogen and oxygen atoms in total. The van der Waals surface area contributed by atoms with Crippen LogP contribution in [0.25, 0.3) is 0 Å². The second kappa shape index (κ2) is 6.90. The molecule has 2 aromatic rings. The van der Waals surface area contributed by atoms with Crippen LogP contribution in [0.4, 0.5) is 0 Å². The Balaban J connectivity index is 1.41. The van der Waals surface area contributed by atoms with Gasteiger partial charge in [0.15, 0.2) is 17.8 Å². The zero-order chi connectivity index (χ0) is 20.1. The van der Waals surface area contributed by atoms with Gasteiger partial charge in [-0.05, 0) is 32.9 Å². The van der Waals surface area contributed by atoms with E-state index in [4.69, 9.17) is 18.7 Å². The fourth-order valence-electron chi connectivity index (χ4n) is 3.25. The largest absolute Gasteiger partial charge is 0.387 e. The summed E-state index contributed by atoms with van der Waals surface area (Å²) >= 11 is 0. The van der Waals surface area contributed by atoms with Crippen molar-refractivity contribution in [3.63, 3.8) is 0 Å². The Kier molecular flexibility index (Phi) is 4.81. The van der Waals surface area contributed by atoms with Crippen molar-refractivity contribution in [2.45, 2.75) is 62.6 Å². The van der Waals surface area contributed by atoms with Crippen molar-refractivity contribution in [1.29, 1.82) is 0 Å². The van der Waals surface area contributed by atoms with Crippen LogP contribution in [0.1, 0.15) is 37.0 Å². The quantitative estimate of drug-likeness (QED) is 0.758. The van der Waals surface area contributed by atoms with Crippen LogP contribution in [-0.2, 0) is 30.8 Å². The Morgan fingerprint density at radius 3 is 2.61 bits per heavy atom. The van der Waals surface area contributed by atoms with E-state index < -0.39 is 40.4 Å². The number of aliphatic hydroxyl groups is 1. The second-order valence-corrected chi connectivity index (χ2v) is 9.14. The smallest absolute Gasteiger partial charge is 0.240 e. The molecule has 3 heterocycles. The topological polar surface area (TPSA) is 120 Å². The van der Waals surface area contributed by atoms with Gasteiger partial charge in [-0.3, -0.25) is 0 Å². The standard InChI is InChI=1S/C18H22N2O7S/c1-10-4-6-12(7-5-10)28(22,23)19-9-11-8-13(20-27-11)15-14(21)16-17(24-15)26-18(2,3)25-16/h4-8,14-17,19,21H,9H2,1-3H3/t14-,15?,16+,17-/m1/s1. The molecule has 1 aromatic heterocycles. The van der Waals surface area contributed by atoms with Crippen molar-refractivity contribution in [3.8, 4) is 0 Å². The Hall–Kier alpha value is -1.82. The Morgan fingerprint density at radius 1 is 1.21 bits per heavy atom. The molecule has 0 aliphatic carbocycles. The number of rotatable bonds is 5. The molecule has 2 N–H and O–H groups in total. The summed E-state index contributed by atoms with van der Waals surface area (Å²) in [5, 5.41) is 14.4. The molecular formula is C18H22N2O7S. The first-order chi connectivity index (χ1) is 13.1. The number of aryl methyl sites for hydroxylation is 1. The van der Waals surface area contributed by atoms with Gasteiger partial charge in [0.1, 0.15) is 24.0 Å². The van der Waals surface area contributed by atoms with E-state index in [-0.39, 0.29) is 11.4 Å². The van der Waals surface area contributed by atoms with Crippen molar-refractivity contribution in [3.05, 3.63) is 47.3 Å². The van der Waals surface area contributed by atoms with Gasteiger partial charge in [0.05, 0.1) is 11.4 Å². The molecule has 0 amide bonds. The number of ether oxygens (including phenoxy) is 3. The summed E-state index contributed by atoms with van der Waals surface area (Å²) < 4.78 is 49.3. The van der Waals surface area contributed by atoms with Crippen LogP contribution in [0, 0.1) is 6.92 Å². The molecule has 4 rings (SSSR count). The van der Waals surface area contributed by atoms with Crippen LogP contribution < -0.4 is 4.72 Å². The van der Waals surface area contributed by atoms with Gasteiger partial charge in [0, 0.05) is 6.07 Å². The number of nitrogens with zero attached hydrogens (tertiary/aromatic N) is 1. The molecule has 1 aromatic carbocycles. The van der Waals surface area contributed by atoms with Gasteiger partial charge >= 0.3 is 0 Å². The average molecular weight is 410 g/mol. The van der Waals surface area contributed by atoms with Crippen LogP contribution in [0.5, 0.6) is 0 Å². The summed E-state index contributed by atoms with van der Waals surface area (Å²) in [5.41, 5.74) is 1.31. The minimum Gasteiger partial charge on any atom is -0.387 e. The lowest BCUT2D eigenvalue weighted by Crippen LogP contribution is -2.31. The maximum absolute atomic E-state index is 12.4. The van der Waals surface area contributed by atoms with Gasteiger partial charge in [-0.2, -0.15) is 0 Å². The molecule has 1 unspecified atom stereocenters. The van der Waals surface area contributed by atoms with Crippen LogP contribution in [0.15, 0.2) is 39.8 Å². The number of aromatic nitrogens is 1. The van der Waals surface area contributed by atoms with E-state index in [1.807, 2.05) is 6.92 Å². The number of fused-ring (bicyclic) bond motifs is 1. The second-order valence-electron chi connectivity index (χ2n) is 7.37. The molecule has 0 saturated carbocycles. The molecule has 2 aliphatic rings. The van der Waals surface area contributed by atoms with E-state index >= 15 is 0 Å². The summed E-state index contributed by atoms with van der Waals surface area (Å²) in [5.74, 6) is -0.537. The van der Waals surface area contributed by atoms with Gasteiger partial charge < -0.3 is 23.8 Å². The predicted octanol–water partition coefficient (Wildman–Crippen LogP) is 1.37. The van der Waals surface area contributed by atoms with E-state index in [0.29, 0.717) is 11.5 Å². The maximum Gasteiger partial charge on any atom is 0.240 e. The highest BCUT2D eigenvalue weighted by molar-refractivity contribution is 7.89. The number of benzene rings is 1. The fraction of sp³-hybridized carbons (Fsp3) is 0.500.